The van der Waals surface area contributed by atoms with Crippen LogP contribution in [0.25, 0.3) is 78.9 Å². The van der Waals surface area contributed by atoms with Crippen LogP contribution in [0.2, 0.25) is 0 Å². The van der Waals surface area contributed by atoms with Crippen molar-refractivity contribution < 1.29 is 0 Å². The third-order valence-corrected chi connectivity index (χ3v) is 11.3. The molecular weight excluding hydrogens is 739 g/mol. The van der Waals surface area contributed by atoms with Crippen molar-refractivity contribution in [1.82, 2.24) is 10.3 Å². The summed E-state index contributed by atoms with van der Waals surface area (Å²) in [5.74, 6) is 0. The molecule has 0 spiro atoms. The minimum Gasteiger partial charge on any atom is -0.354 e. The van der Waals surface area contributed by atoms with Crippen LogP contribution in [0.1, 0.15) is 27.8 Å². The molecule has 0 amide bonds. The van der Waals surface area contributed by atoms with Crippen molar-refractivity contribution in [3.63, 3.8) is 0 Å². The quantitative estimate of drug-likeness (QED) is 0.143. The predicted octanol–water partition coefficient (Wildman–Crippen LogP) is 14.5. The molecule has 3 nitrogen and oxygen atoms in total. The van der Waals surface area contributed by atoms with Crippen molar-refractivity contribution in [1.29, 1.82) is 5.41 Å². The van der Waals surface area contributed by atoms with Gasteiger partial charge in [-0.25, -0.2) is 4.98 Å². The number of allylic oxidation sites excluding steroid dienone is 1. The summed E-state index contributed by atoms with van der Waals surface area (Å²) < 4.78 is 0. The first kappa shape index (κ1) is 37.2. The molecule has 9 aromatic rings. The van der Waals surface area contributed by atoms with Crippen molar-refractivity contribution in [3.8, 4) is 55.9 Å². The van der Waals surface area contributed by atoms with E-state index in [9.17, 15) is 5.41 Å². The monoisotopic (exact) mass is 779 g/mol. The van der Waals surface area contributed by atoms with E-state index in [4.69, 9.17) is 4.98 Å². The Kier molecular flexibility index (Phi) is 10.1. The highest BCUT2D eigenvalue weighted by Crippen LogP contribution is 2.39. The van der Waals surface area contributed by atoms with Crippen molar-refractivity contribution in [3.05, 3.63) is 258 Å². The second-order valence-electron chi connectivity index (χ2n) is 15.2. The smallest absolute Gasteiger partial charge is 0.0715 e. The lowest BCUT2D eigenvalue weighted by atomic mass is 9.86. The molecule has 10 rings (SSSR count). The van der Waals surface area contributed by atoms with Gasteiger partial charge in [-0.1, -0.05) is 206 Å². The Morgan fingerprint density at radius 3 is 1.38 bits per heavy atom. The minimum atomic E-state index is 0.467. The molecule has 0 aliphatic carbocycles. The predicted molar refractivity (Wildman–Crippen MR) is 255 cm³/mol. The van der Waals surface area contributed by atoms with Crippen LogP contribution in [0.4, 0.5) is 0 Å². The van der Waals surface area contributed by atoms with Gasteiger partial charge in [-0.05, 0) is 80.4 Å². The molecule has 2 N–H and O–H groups in total. The summed E-state index contributed by atoms with van der Waals surface area (Å²) in [5.41, 5.74) is 19.2. The zero-order valence-corrected chi connectivity index (χ0v) is 33.5. The van der Waals surface area contributed by atoms with Gasteiger partial charge in [-0.2, -0.15) is 0 Å². The van der Waals surface area contributed by atoms with Crippen LogP contribution in [0, 0.1) is 5.41 Å². The molecule has 0 bridgehead atoms. The minimum absolute atomic E-state index is 0.467. The average Bonchev–Trinajstić information content (AvgIpc) is 3.35. The molecule has 0 saturated carbocycles. The lowest BCUT2D eigenvalue weighted by Crippen LogP contribution is -2.20. The largest absolute Gasteiger partial charge is 0.354 e. The van der Waals surface area contributed by atoms with Gasteiger partial charge in [-0.3, -0.25) is 5.41 Å². The van der Waals surface area contributed by atoms with E-state index >= 15 is 0 Å². The van der Waals surface area contributed by atoms with E-state index in [2.05, 4.69) is 175 Å². The van der Waals surface area contributed by atoms with E-state index in [1.807, 2.05) is 66.7 Å². The first-order valence-electron chi connectivity index (χ1n) is 20.6. The maximum atomic E-state index is 9.59. The van der Waals surface area contributed by atoms with Crippen LogP contribution >= 0.6 is 0 Å². The third-order valence-electron chi connectivity index (χ3n) is 11.3. The van der Waals surface area contributed by atoms with Crippen LogP contribution in [0.15, 0.2) is 231 Å². The molecule has 0 fully saturated rings. The van der Waals surface area contributed by atoms with E-state index in [1.165, 1.54) is 0 Å². The van der Waals surface area contributed by atoms with Gasteiger partial charge in [0.25, 0.3) is 0 Å². The maximum absolute atomic E-state index is 9.59. The maximum Gasteiger partial charge on any atom is 0.0715 e. The standard InChI is InChI=1S/C58H41N3/c59-57(46-25-14-5-15-26-46)56(45-23-12-4-13-24-45)58-52-34-33-49(36-51(52)39-55(61-58)44-21-10-3-11-22-44)48-28-16-27-47(35-48)40-29-31-41(32-30-40)50-37-53(42-17-6-1-7-18-42)60-54(38-50)43-19-8-2-9-20-43/h1-39,59,61H/b58-56-,59-57?. The number of nitrogens with one attached hydrogen (secondary N) is 2. The van der Waals surface area contributed by atoms with Crippen LogP contribution < -0.4 is 5.32 Å². The highest BCUT2D eigenvalue weighted by atomic mass is 14.9. The highest BCUT2D eigenvalue weighted by molar-refractivity contribution is 6.36. The topological polar surface area (TPSA) is 48.8 Å². The first-order valence-corrected chi connectivity index (χ1v) is 20.6. The molecule has 0 atom stereocenters. The number of hydrogen-bond donors (Lipinski definition) is 2. The molecule has 1 aromatic heterocycles. The molecule has 1 aliphatic rings. The Balaban J connectivity index is 1.03. The van der Waals surface area contributed by atoms with Crippen molar-refractivity contribution in [2.75, 3.05) is 0 Å². The summed E-state index contributed by atoms with van der Waals surface area (Å²) >= 11 is 0. The lowest BCUT2D eigenvalue weighted by molar-refractivity contribution is 1.22. The molecule has 3 heteroatoms. The number of aromatic nitrogens is 1. The number of rotatable bonds is 9. The third kappa shape index (κ3) is 7.76. The molecule has 0 radical (unpaired) electrons. The van der Waals surface area contributed by atoms with E-state index in [-0.39, 0.29) is 0 Å². The molecule has 2 heterocycles. The summed E-state index contributed by atoms with van der Waals surface area (Å²) in [6.45, 7) is 0. The Bertz CT molecular complexity index is 3000. The van der Waals surface area contributed by atoms with Gasteiger partial charge < -0.3 is 5.32 Å². The van der Waals surface area contributed by atoms with Gasteiger partial charge in [0.2, 0.25) is 0 Å². The number of benzene rings is 8. The summed E-state index contributed by atoms with van der Waals surface area (Å²) in [6, 6.07) is 80.2. The van der Waals surface area contributed by atoms with Gasteiger partial charge >= 0.3 is 0 Å². The molecule has 1 aliphatic heterocycles. The zero-order chi connectivity index (χ0) is 41.0. The van der Waals surface area contributed by atoms with Crippen LogP contribution in [-0.2, 0) is 0 Å². The SMILES string of the molecule is N=C(/C(=C1\NC(c2ccccc2)=Cc2cc(-c3cccc(-c4ccc(-c5cc(-c6ccccc6)nc(-c6ccccc6)c5)cc4)c3)ccc21)c1ccccc1)c1ccccc1. The average molecular weight is 780 g/mol. The van der Waals surface area contributed by atoms with Crippen molar-refractivity contribution in [2.24, 2.45) is 0 Å². The van der Waals surface area contributed by atoms with E-state index in [0.717, 1.165) is 101 Å². The zero-order valence-electron chi connectivity index (χ0n) is 33.5. The fraction of sp³-hybridized carbons (Fsp3) is 0. The van der Waals surface area contributed by atoms with Crippen LogP contribution in [0.5, 0.6) is 0 Å². The Morgan fingerprint density at radius 1 is 0.361 bits per heavy atom. The van der Waals surface area contributed by atoms with Crippen LogP contribution in [-0.4, -0.2) is 10.7 Å². The number of hydrogen-bond acceptors (Lipinski definition) is 3. The van der Waals surface area contributed by atoms with Gasteiger partial charge in [0.05, 0.1) is 22.8 Å². The van der Waals surface area contributed by atoms with E-state index < -0.39 is 0 Å². The van der Waals surface area contributed by atoms with Gasteiger partial charge in [-0.15, -0.1) is 0 Å². The summed E-state index contributed by atoms with van der Waals surface area (Å²) in [6.07, 6.45) is 2.24. The Labute approximate surface area is 357 Å². The normalized spacial score (nSPS) is 12.8. The molecule has 61 heavy (non-hydrogen) atoms. The summed E-state index contributed by atoms with van der Waals surface area (Å²) in [4.78, 5) is 5.08. The fourth-order valence-corrected chi connectivity index (χ4v) is 8.17. The molecule has 288 valence electrons. The molecule has 0 saturated heterocycles. The van der Waals surface area contributed by atoms with E-state index in [1.54, 1.807) is 0 Å². The second kappa shape index (κ2) is 16.6. The fourth-order valence-electron chi connectivity index (χ4n) is 8.17. The number of nitrogens with zero attached hydrogens (tertiary/aromatic N) is 1. The summed E-state index contributed by atoms with van der Waals surface area (Å²) in [5, 5.41) is 13.4. The van der Waals surface area contributed by atoms with E-state index in [0.29, 0.717) is 5.71 Å². The van der Waals surface area contributed by atoms with Crippen molar-refractivity contribution >= 4 is 28.8 Å². The highest BCUT2D eigenvalue weighted by Gasteiger charge is 2.24. The van der Waals surface area contributed by atoms with Crippen molar-refractivity contribution in [2.45, 2.75) is 0 Å². The number of fused-ring (bicyclic) bond motifs is 1. The lowest BCUT2D eigenvalue weighted by Gasteiger charge is -2.26. The first-order chi connectivity index (χ1) is 30.1. The summed E-state index contributed by atoms with van der Waals surface area (Å²) in [7, 11) is 0. The Hall–Kier alpha value is -8.14. The van der Waals surface area contributed by atoms with Gasteiger partial charge in [0.15, 0.2) is 0 Å². The second-order valence-corrected chi connectivity index (χ2v) is 15.2. The Morgan fingerprint density at radius 2 is 0.803 bits per heavy atom. The number of pyridine rings is 1. The van der Waals surface area contributed by atoms with Gasteiger partial charge in [0.1, 0.15) is 0 Å². The molecular formula is C58H41N3. The molecule has 8 aromatic carbocycles. The van der Waals surface area contributed by atoms with Crippen LogP contribution in [0.3, 0.4) is 0 Å². The molecule has 0 unspecified atom stereocenters. The van der Waals surface area contributed by atoms with Gasteiger partial charge in [0, 0.05) is 33.5 Å².